The number of aromatic nitrogens is 6. The lowest BCUT2D eigenvalue weighted by atomic mass is 10.2. The van der Waals surface area contributed by atoms with Gasteiger partial charge in [-0.25, -0.2) is 9.20 Å². The van der Waals surface area contributed by atoms with Gasteiger partial charge in [-0.2, -0.15) is 15.2 Å². The minimum Gasteiger partial charge on any atom is -0.489 e. The number of ether oxygens (including phenoxy) is 1. The third-order valence-corrected chi connectivity index (χ3v) is 6.27. The number of hydrogen-bond acceptors (Lipinski definition) is 8. The van der Waals surface area contributed by atoms with Crippen LogP contribution in [0.4, 0.5) is 0 Å². The molecule has 0 aliphatic carbocycles. The number of rotatable bonds is 7. The van der Waals surface area contributed by atoms with Crippen LogP contribution >= 0.6 is 11.3 Å². The quantitative estimate of drug-likeness (QED) is 0.334. The van der Waals surface area contributed by atoms with E-state index >= 15 is 0 Å². The van der Waals surface area contributed by atoms with Crippen LogP contribution in [-0.2, 0) is 13.2 Å². The zero-order valence-corrected chi connectivity index (χ0v) is 19.1. The summed E-state index contributed by atoms with van der Waals surface area (Å²) in [6.45, 7) is 0.546. The fourth-order valence-electron chi connectivity index (χ4n) is 3.60. The van der Waals surface area contributed by atoms with Gasteiger partial charge in [0, 0.05) is 5.56 Å². The van der Waals surface area contributed by atoms with Gasteiger partial charge in [-0.1, -0.05) is 41.6 Å². The molecule has 10 heteroatoms. The van der Waals surface area contributed by atoms with E-state index in [-0.39, 0.29) is 18.0 Å². The summed E-state index contributed by atoms with van der Waals surface area (Å²) >= 11 is 1.56. The lowest BCUT2D eigenvalue weighted by molar-refractivity contribution is 0.306. The van der Waals surface area contributed by atoms with Crippen molar-refractivity contribution in [3.8, 4) is 27.7 Å². The van der Waals surface area contributed by atoms with E-state index in [2.05, 4.69) is 20.3 Å². The molecular weight excluding hydrogens is 464 g/mol. The van der Waals surface area contributed by atoms with Crippen LogP contribution in [-0.4, -0.2) is 29.5 Å². The topological polar surface area (TPSA) is 100 Å². The summed E-state index contributed by atoms with van der Waals surface area (Å²) in [5.74, 6) is 1.45. The van der Waals surface area contributed by atoms with Crippen molar-refractivity contribution in [2.24, 2.45) is 0 Å². The van der Waals surface area contributed by atoms with E-state index < -0.39 is 0 Å². The number of hydrogen-bond donors (Lipinski definition) is 0. The fourth-order valence-corrected chi connectivity index (χ4v) is 4.28. The first-order valence-electron chi connectivity index (χ1n) is 10.8. The third kappa shape index (κ3) is 4.34. The highest BCUT2D eigenvalue weighted by Gasteiger charge is 2.14. The highest BCUT2D eigenvalue weighted by Crippen LogP contribution is 2.24. The van der Waals surface area contributed by atoms with E-state index in [1.807, 2.05) is 72.1 Å². The lowest BCUT2D eigenvalue weighted by Gasteiger charge is -2.06. The summed E-state index contributed by atoms with van der Waals surface area (Å²) < 4.78 is 14.0. The van der Waals surface area contributed by atoms with Crippen molar-refractivity contribution in [1.29, 1.82) is 0 Å². The zero-order chi connectivity index (χ0) is 23.6. The van der Waals surface area contributed by atoms with Gasteiger partial charge in [0.2, 0.25) is 11.7 Å². The Balaban J connectivity index is 1.17. The van der Waals surface area contributed by atoms with E-state index in [0.29, 0.717) is 17.9 Å². The van der Waals surface area contributed by atoms with Gasteiger partial charge < -0.3 is 9.26 Å². The molecule has 0 fully saturated rings. The molecular formula is C25H18N6O3S. The van der Waals surface area contributed by atoms with Crippen LogP contribution in [0.2, 0.25) is 0 Å². The molecule has 0 aliphatic rings. The van der Waals surface area contributed by atoms with Gasteiger partial charge in [0.1, 0.15) is 36.4 Å². The molecule has 4 heterocycles. The molecule has 0 unspecified atom stereocenters. The minimum absolute atomic E-state index is 0.0557. The molecule has 0 radical (unpaired) electrons. The van der Waals surface area contributed by atoms with Crippen molar-refractivity contribution in [3.05, 3.63) is 106 Å². The van der Waals surface area contributed by atoms with Gasteiger partial charge in [0.05, 0.1) is 4.88 Å². The normalized spacial score (nSPS) is 11.2. The van der Waals surface area contributed by atoms with Crippen LogP contribution in [0.1, 0.15) is 11.5 Å². The van der Waals surface area contributed by atoms with Gasteiger partial charge in [-0.15, -0.1) is 11.3 Å². The molecule has 2 aromatic carbocycles. The fraction of sp³-hybridized carbons (Fsp3) is 0.0800. The maximum absolute atomic E-state index is 12.9. The summed E-state index contributed by atoms with van der Waals surface area (Å²) in [6, 6.07) is 23.1. The largest absolute Gasteiger partial charge is 0.489 e. The highest BCUT2D eigenvalue weighted by molar-refractivity contribution is 7.13. The van der Waals surface area contributed by atoms with Crippen molar-refractivity contribution >= 4 is 16.9 Å². The molecule has 0 saturated carbocycles. The smallest absolute Gasteiger partial charge is 0.293 e. The second-order valence-electron chi connectivity index (χ2n) is 7.74. The lowest BCUT2D eigenvalue weighted by Crippen LogP contribution is -2.25. The molecule has 0 spiro atoms. The van der Waals surface area contributed by atoms with Crippen LogP contribution in [0, 0.1) is 0 Å². The number of thiophene rings is 1. The van der Waals surface area contributed by atoms with Crippen LogP contribution in [0.15, 0.2) is 93.8 Å². The average molecular weight is 483 g/mol. The Labute approximate surface area is 202 Å². The van der Waals surface area contributed by atoms with E-state index in [1.165, 1.54) is 15.5 Å². The van der Waals surface area contributed by atoms with Crippen molar-refractivity contribution in [2.45, 2.75) is 13.2 Å². The van der Waals surface area contributed by atoms with E-state index in [1.54, 1.807) is 17.4 Å². The Bertz CT molecular complexity index is 1640. The Morgan fingerprint density at radius 1 is 1.00 bits per heavy atom. The predicted molar refractivity (Wildman–Crippen MR) is 130 cm³/mol. The second-order valence-corrected chi connectivity index (χ2v) is 8.69. The number of fused-ring (bicyclic) bond motifs is 1. The van der Waals surface area contributed by atoms with Crippen molar-refractivity contribution in [1.82, 2.24) is 29.5 Å². The van der Waals surface area contributed by atoms with E-state index in [9.17, 15) is 4.79 Å². The second kappa shape index (κ2) is 8.99. The zero-order valence-electron chi connectivity index (χ0n) is 18.3. The maximum atomic E-state index is 12.9. The van der Waals surface area contributed by atoms with Gasteiger partial charge >= 0.3 is 0 Å². The minimum atomic E-state index is -0.289. The standard InChI is InChI=1S/C25H18N6O3S/c32-25-21-13-20(22-7-4-12-35-22)28-31(21)16-26-30(25)14-23-27-24(29-34-23)18-8-10-19(11-9-18)33-15-17-5-2-1-3-6-17/h1-13,16H,14-15H2. The summed E-state index contributed by atoms with van der Waals surface area (Å²) in [5, 5.41) is 14.7. The summed E-state index contributed by atoms with van der Waals surface area (Å²) in [6.07, 6.45) is 1.50. The van der Waals surface area contributed by atoms with Crippen LogP contribution in [0.3, 0.4) is 0 Å². The Hall–Kier alpha value is -4.57. The molecule has 0 bridgehead atoms. The average Bonchev–Trinajstić information content (AvgIpc) is 3.66. The van der Waals surface area contributed by atoms with Gasteiger partial charge in [0.25, 0.3) is 5.56 Å². The molecule has 0 amide bonds. The van der Waals surface area contributed by atoms with Crippen molar-refractivity contribution in [3.63, 3.8) is 0 Å². The Morgan fingerprint density at radius 2 is 1.86 bits per heavy atom. The highest BCUT2D eigenvalue weighted by atomic mass is 32.1. The molecule has 6 aromatic rings. The molecule has 0 saturated heterocycles. The third-order valence-electron chi connectivity index (χ3n) is 5.38. The van der Waals surface area contributed by atoms with E-state index in [4.69, 9.17) is 9.26 Å². The van der Waals surface area contributed by atoms with Crippen molar-refractivity contribution in [2.75, 3.05) is 0 Å². The summed E-state index contributed by atoms with van der Waals surface area (Å²) in [7, 11) is 0. The van der Waals surface area contributed by atoms with Gasteiger partial charge in [-0.3, -0.25) is 4.79 Å². The number of benzene rings is 2. The Morgan fingerprint density at radius 3 is 2.66 bits per heavy atom. The first-order valence-corrected chi connectivity index (χ1v) is 11.7. The summed E-state index contributed by atoms with van der Waals surface area (Å²) in [4.78, 5) is 18.3. The first-order chi connectivity index (χ1) is 17.2. The molecule has 0 N–H and O–H groups in total. The van der Waals surface area contributed by atoms with E-state index in [0.717, 1.165) is 27.4 Å². The Kier molecular flexibility index (Phi) is 5.39. The number of nitrogens with zero attached hydrogens (tertiary/aromatic N) is 6. The molecule has 9 nitrogen and oxygen atoms in total. The SMILES string of the molecule is O=c1c2cc(-c3cccs3)nn2cnn1Cc1nc(-c2ccc(OCc3ccccc3)cc2)no1. The predicted octanol–water partition coefficient (Wildman–Crippen LogP) is 4.30. The molecule has 0 aliphatic heterocycles. The van der Waals surface area contributed by atoms with Crippen LogP contribution in [0.5, 0.6) is 5.75 Å². The molecule has 6 rings (SSSR count). The maximum Gasteiger partial charge on any atom is 0.293 e. The van der Waals surface area contributed by atoms with Gasteiger partial charge in [-0.05, 0) is 47.3 Å². The monoisotopic (exact) mass is 482 g/mol. The van der Waals surface area contributed by atoms with Crippen molar-refractivity contribution < 1.29 is 9.26 Å². The molecule has 0 atom stereocenters. The molecule has 172 valence electrons. The van der Waals surface area contributed by atoms with Crippen LogP contribution < -0.4 is 10.3 Å². The molecule has 4 aromatic heterocycles. The first kappa shape index (κ1) is 21.0. The summed E-state index contributed by atoms with van der Waals surface area (Å²) in [5.41, 5.74) is 2.74. The van der Waals surface area contributed by atoms with Crippen LogP contribution in [0.25, 0.3) is 27.5 Å². The molecule has 35 heavy (non-hydrogen) atoms. The van der Waals surface area contributed by atoms with Gasteiger partial charge in [0.15, 0.2) is 0 Å².